The standard InChI is InChI=1S/C11H13Br3O2/c1-15-7-16-3-2-8-4-11(14)9(6-12)5-10(8)13/h4-5H,2-3,6-7H2,1H3. The number of hydrogen-bond donors (Lipinski definition) is 0. The fourth-order valence-electron chi connectivity index (χ4n) is 1.25. The first-order chi connectivity index (χ1) is 7.69. The van der Waals surface area contributed by atoms with E-state index in [1.54, 1.807) is 7.11 Å². The highest BCUT2D eigenvalue weighted by molar-refractivity contribution is 9.11. The van der Waals surface area contributed by atoms with Crippen molar-refractivity contribution in [2.24, 2.45) is 0 Å². The fraction of sp³-hybridized carbons (Fsp3) is 0.455. The molecule has 0 saturated carbocycles. The van der Waals surface area contributed by atoms with E-state index in [1.165, 1.54) is 11.1 Å². The van der Waals surface area contributed by atoms with E-state index >= 15 is 0 Å². The third-order valence-electron chi connectivity index (χ3n) is 2.08. The van der Waals surface area contributed by atoms with Gasteiger partial charge in [0.05, 0.1) is 6.61 Å². The molecule has 1 aromatic carbocycles. The Balaban J connectivity index is 2.63. The van der Waals surface area contributed by atoms with Gasteiger partial charge in [-0.3, -0.25) is 0 Å². The Morgan fingerprint density at radius 3 is 2.38 bits per heavy atom. The summed E-state index contributed by atoms with van der Waals surface area (Å²) in [5.41, 5.74) is 2.46. The second-order valence-corrected chi connectivity index (χ2v) is 5.50. The number of alkyl halides is 1. The van der Waals surface area contributed by atoms with Crippen molar-refractivity contribution in [2.75, 3.05) is 20.5 Å². The molecule has 0 unspecified atom stereocenters. The van der Waals surface area contributed by atoms with Crippen LogP contribution in [-0.4, -0.2) is 20.5 Å². The number of methoxy groups -OCH3 is 1. The molecule has 1 rings (SSSR count). The van der Waals surface area contributed by atoms with Gasteiger partial charge in [-0.2, -0.15) is 0 Å². The first-order valence-corrected chi connectivity index (χ1v) is 7.49. The van der Waals surface area contributed by atoms with Gasteiger partial charge >= 0.3 is 0 Å². The van der Waals surface area contributed by atoms with Gasteiger partial charge in [-0.15, -0.1) is 0 Å². The van der Waals surface area contributed by atoms with Crippen LogP contribution in [0.5, 0.6) is 0 Å². The smallest absolute Gasteiger partial charge is 0.146 e. The van der Waals surface area contributed by atoms with Gasteiger partial charge in [-0.05, 0) is 29.7 Å². The molecule has 0 saturated heterocycles. The van der Waals surface area contributed by atoms with E-state index in [-0.39, 0.29) is 0 Å². The van der Waals surface area contributed by atoms with Crippen LogP contribution >= 0.6 is 47.8 Å². The largest absolute Gasteiger partial charge is 0.359 e. The van der Waals surface area contributed by atoms with Crippen molar-refractivity contribution in [3.63, 3.8) is 0 Å². The minimum absolute atomic E-state index is 0.346. The van der Waals surface area contributed by atoms with Crippen molar-refractivity contribution < 1.29 is 9.47 Å². The average Bonchev–Trinajstić information content (AvgIpc) is 2.28. The van der Waals surface area contributed by atoms with Crippen molar-refractivity contribution >= 4 is 47.8 Å². The molecule has 0 N–H and O–H groups in total. The topological polar surface area (TPSA) is 18.5 Å². The SMILES string of the molecule is COCOCCc1cc(Br)c(CBr)cc1Br. The average molecular weight is 417 g/mol. The lowest BCUT2D eigenvalue weighted by molar-refractivity contribution is -0.0291. The molecule has 0 atom stereocenters. The van der Waals surface area contributed by atoms with E-state index in [1.807, 2.05) is 0 Å². The molecule has 0 aliphatic carbocycles. The number of halogens is 3. The Morgan fingerprint density at radius 1 is 1.12 bits per heavy atom. The summed E-state index contributed by atoms with van der Waals surface area (Å²) in [5, 5.41) is 0.840. The molecule has 0 aliphatic rings. The van der Waals surface area contributed by atoms with Crippen molar-refractivity contribution in [3.8, 4) is 0 Å². The normalized spacial score (nSPS) is 10.8. The maximum Gasteiger partial charge on any atom is 0.146 e. The highest BCUT2D eigenvalue weighted by Crippen LogP contribution is 2.27. The minimum Gasteiger partial charge on any atom is -0.359 e. The summed E-state index contributed by atoms with van der Waals surface area (Å²) in [5.74, 6) is 0. The summed E-state index contributed by atoms with van der Waals surface area (Å²) >= 11 is 10.6. The van der Waals surface area contributed by atoms with Crippen LogP contribution in [0.25, 0.3) is 0 Å². The van der Waals surface area contributed by atoms with Crippen molar-refractivity contribution in [1.29, 1.82) is 0 Å². The molecule has 0 spiro atoms. The highest BCUT2D eigenvalue weighted by Gasteiger charge is 2.05. The van der Waals surface area contributed by atoms with E-state index in [0.29, 0.717) is 13.4 Å². The van der Waals surface area contributed by atoms with E-state index in [9.17, 15) is 0 Å². The summed E-state index contributed by atoms with van der Waals surface area (Å²) in [6, 6.07) is 4.24. The van der Waals surface area contributed by atoms with Crippen LogP contribution in [0.15, 0.2) is 21.1 Å². The van der Waals surface area contributed by atoms with Gasteiger partial charge in [0.25, 0.3) is 0 Å². The fourth-order valence-corrected chi connectivity index (χ4v) is 3.21. The third kappa shape index (κ3) is 4.45. The number of benzene rings is 1. The van der Waals surface area contributed by atoms with Crippen molar-refractivity contribution in [1.82, 2.24) is 0 Å². The lowest BCUT2D eigenvalue weighted by Crippen LogP contribution is -2.02. The zero-order chi connectivity index (χ0) is 12.0. The molecular weight excluding hydrogens is 404 g/mol. The van der Waals surface area contributed by atoms with E-state index < -0.39 is 0 Å². The first kappa shape index (κ1) is 14.6. The number of ether oxygens (including phenoxy) is 2. The minimum atomic E-state index is 0.346. The molecule has 16 heavy (non-hydrogen) atoms. The van der Waals surface area contributed by atoms with Gasteiger partial charge in [-0.1, -0.05) is 47.8 Å². The van der Waals surface area contributed by atoms with Crippen LogP contribution in [0, 0.1) is 0 Å². The van der Waals surface area contributed by atoms with Crippen LogP contribution in [0.1, 0.15) is 11.1 Å². The predicted molar refractivity (Wildman–Crippen MR) is 76.0 cm³/mol. The van der Waals surface area contributed by atoms with Crippen LogP contribution in [0.2, 0.25) is 0 Å². The van der Waals surface area contributed by atoms with E-state index in [2.05, 4.69) is 59.9 Å². The second-order valence-electron chi connectivity index (χ2n) is 3.23. The van der Waals surface area contributed by atoms with Gasteiger partial charge in [0.2, 0.25) is 0 Å². The first-order valence-electron chi connectivity index (χ1n) is 4.78. The predicted octanol–water partition coefficient (Wildman–Crippen LogP) is 4.27. The molecular formula is C11H13Br3O2. The van der Waals surface area contributed by atoms with Gasteiger partial charge in [0, 0.05) is 21.4 Å². The van der Waals surface area contributed by atoms with Gasteiger partial charge < -0.3 is 9.47 Å². The lowest BCUT2D eigenvalue weighted by atomic mass is 10.1. The maximum absolute atomic E-state index is 5.27. The van der Waals surface area contributed by atoms with Crippen LogP contribution in [0.4, 0.5) is 0 Å². The van der Waals surface area contributed by atoms with Gasteiger partial charge in [0.15, 0.2) is 0 Å². The third-order valence-corrected chi connectivity index (χ3v) is 4.16. The maximum atomic E-state index is 5.27. The number of rotatable bonds is 6. The molecule has 0 radical (unpaired) electrons. The molecule has 0 aromatic heterocycles. The summed E-state index contributed by atoms with van der Waals surface area (Å²) < 4.78 is 12.3. The summed E-state index contributed by atoms with van der Waals surface area (Å²) in [6.45, 7) is 1.00. The Kier molecular flexibility index (Phi) is 7.16. The molecule has 1 aromatic rings. The van der Waals surface area contributed by atoms with E-state index in [4.69, 9.17) is 9.47 Å². The Labute approximate surface area is 121 Å². The highest BCUT2D eigenvalue weighted by atomic mass is 79.9. The van der Waals surface area contributed by atoms with Crippen LogP contribution in [-0.2, 0) is 21.2 Å². The zero-order valence-corrected chi connectivity index (χ0v) is 13.7. The van der Waals surface area contributed by atoms with Crippen LogP contribution in [0.3, 0.4) is 0 Å². The lowest BCUT2D eigenvalue weighted by Gasteiger charge is -2.09. The molecule has 0 aliphatic heterocycles. The monoisotopic (exact) mass is 414 g/mol. The quantitative estimate of drug-likeness (QED) is 0.391. The zero-order valence-electron chi connectivity index (χ0n) is 8.93. The Hall–Kier alpha value is 0.580. The van der Waals surface area contributed by atoms with Gasteiger partial charge in [-0.25, -0.2) is 0 Å². The molecule has 0 amide bonds. The molecule has 2 nitrogen and oxygen atoms in total. The van der Waals surface area contributed by atoms with Crippen molar-refractivity contribution in [3.05, 3.63) is 32.2 Å². The van der Waals surface area contributed by atoms with Crippen molar-refractivity contribution in [2.45, 2.75) is 11.8 Å². The molecule has 0 fully saturated rings. The molecule has 0 bridgehead atoms. The van der Waals surface area contributed by atoms with Crippen LogP contribution < -0.4 is 0 Å². The second kappa shape index (κ2) is 7.82. The summed E-state index contributed by atoms with van der Waals surface area (Å²) in [4.78, 5) is 0. The molecule has 5 heteroatoms. The Bertz CT molecular complexity index is 342. The van der Waals surface area contributed by atoms with E-state index in [0.717, 1.165) is 20.7 Å². The summed E-state index contributed by atoms with van der Waals surface area (Å²) in [7, 11) is 1.62. The molecule has 90 valence electrons. The molecule has 0 heterocycles. The summed E-state index contributed by atoms with van der Waals surface area (Å²) in [6.07, 6.45) is 0.866. The van der Waals surface area contributed by atoms with Gasteiger partial charge in [0.1, 0.15) is 6.79 Å². The Morgan fingerprint density at radius 2 is 1.75 bits per heavy atom. The number of hydrogen-bond acceptors (Lipinski definition) is 2.